The van der Waals surface area contributed by atoms with Gasteiger partial charge < -0.3 is 10.2 Å². The van der Waals surface area contributed by atoms with E-state index in [2.05, 4.69) is 26.1 Å². The van der Waals surface area contributed by atoms with Crippen LogP contribution < -0.4 is 5.32 Å². The maximum atomic E-state index is 11.8. The molecule has 1 atom stereocenters. The first-order valence-electron chi connectivity index (χ1n) is 6.62. The van der Waals surface area contributed by atoms with E-state index < -0.39 is 0 Å². The van der Waals surface area contributed by atoms with Crippen LogP contribution in [0.2, 0.25) is 0 Å². The van der Waals surface area contributed by atoms with E-state index in [0.29, 0.717) is 24.3 Å². The molecule has 16 heavy (non-hydrogen) atoms. The van der Waals surface area contributed by atoms with Crippen LogP contribution in [0.15, 0.2) is 0 Å². The Balaban J connectivity index is 2.14. The molecule has 0 aliphatic carbocycles. The number of nitrogens with zero attached hydrogens (tertiary/aromatic N) is 1. The van der Waals surface area contributed by atoms with Gasteiger partial charge in [0.2, 0.25) is 5.91 Å². The van der Waals surface area contributed by atoms with Crippen molar-refractivity contribution in [1.82, 2.24) is 10.2 Å². The van der Waals surface area contributed by atoms with Gasteiger partial charge in [0.25, 0.3) is 0 Å². The summed E-state index contributed by atoms with van der Waals surface area (Å²) in [6.45, 7) is 9.33. The van der Waals surface area contributed by atoms with Gasteiger partial charge in [-0.15, -0.1) is 0 Å². The molecule has 94 valence electrons. The summed E-state index contributed by atoms with van der Waals surface area (Å²) < 4.78 is 0. The average Bonchev–Trinajstić information content (AvgIpc) is 2.29. The largest absolute Gasteiger partial charge is 0.343 e. The van der Waals surface area contributed by atoms with Crippen molar-refractivity contribution >= 4 is 5.91 Å². The lowest BCUT2D eigenvalue weighted by atomic mass is 10.1. The summed E-state index contributed by atoms with van der Waals surface area (Å²) in [5.74, 6) is 0.952. The number of nitrogens with one attached hydrogen (secondary N) is 1. The lowest BCUT2D eigenvalue weighted by Gasteiger charge is -2.27. The Bertz CT molecular complexity index is 210. The maximum absolute atomic E-state index is 11.8. The van der Waals surface area contributed by atoms with E-state index in [9.17, 15) is 4.79 Å². The van der Waals surface area contributed by atoms with Crippen LogP contribution in [0.4, 0.5) is 0 Å². The SMILES string of the molecule is CC(C)C(C)NCCC(=O)N1CCCCC1. The molecule has 1 aliphatic heterocycles. The highest BCUT2D eigenvalue weighted by Gasteiger charge is 2.16. The standard InChI is InChI=1S/C13H26N2O/c1-11(2)12(3)14-8-7-13(16)15-9-5-4-6-10-15/h11-12,14H,4-10H2,1-3H3. The molecular weight excluding hydrogens is 200 g/mol. The van der Waals surface area contributed by atoms with Gasteiger partial charge in [-0.1, -0.05) is 13.8 Å². The van der Waals surface area contributed by atoms with E-state index in [1.54, 1.807) is 0 Å². The van der Waals surface area contributed by atoms with Crippen LogP contribution in [0.25, 0.3) is 0 Å². The minimum atomic E-state index is 0.322. The van der Waals surface area contributed by atoms with E-state index in [1.165, 1.54) is 19.3 Å². The highest BCUT2D eigenvalue weighted by atomic mass is 16.2. The zero-order valence-corrected chi connectivity index (χ0v) is 11.0. The van der Waals surface area contributed by atoms with E-state index in [1.807, 2.05) is 4.90 Å². The molecule has 1 heterocycles. The lowest BCUT2D eigenvalue weighted by molar-refractivity contribution is -0.132. The predicted molar refractivity (Wildman–Crippen MR) is 67.4 cm³/mol. The first-order chi connectivity index (χ1) is 7.61. The summed E-state index contributed by atoms with van der Waals surface area (Å²) in [7, 11) is 0. The Kier molecular flexibility index (Phi) is 5.81. The summed E-state index contributed by atoms with van der Waals surface area (Å²) in [4.78, 5) is 13.9. The predicted octanol–water partition coefficient (Wildman–Crippen LogP) is 2.02. The van der Waals surface area contributed by atoms with Gasteiger partial charge in [0.05, 0.1) is 0 Å². The molecule has 3 heteroatoms. The molecule has 1 rings (SSSR count). The Hall–Kier alpha value is -0.570. The first kappa shape index (κ1) is 13.5. The number of carbonyl (C=O) groups is 1. The summed E-state index contributed by atoms with van der Waals surface area (Å²) in [5, 5.41) is 3.40. The molecule has 1 amide bonds. The number of hydrogen-bond donors (Lipinski definition) is 1. The topological polar surface area (TPSA) is 32.3 Å². The van der Waals surface area contributed by atoms with E-state index in [4.69, 9.17) is 0 Å². The molecule has 1 saturated heterocycles. The third-order valence-electron chi connectivity index (χ3n) is 3.51. The summed E-state index contributed by atoms with van der Waals surface area (Å²) in [6.07, 6.45) is 4.30. The summed E-state index contributed by atoms with van der Waals surface area (Å²) in [5.41, 5.74) is 0. The van der Waals surface area contributed by atoms with Gasteiger partial charge in [0.1, 0.15) is 0 Å². The summed E-state index contributed by atoms with van der Waals surface area (Å²) in [6, 6.07) is 0.495. The van der Waals surface area contributed by atoms with Crippen LogP contribution in [0.1, 0.15) is 46.5 Å². The van der Waals surface area contributed by atoms with E-state index in [-0.39, 0.29) is 0 Å². The minimum absolute atomic E-state index is 0.322. The van der Waals surface area contributed by atoms with Crippen molar-refractivity contribution in [3.63, 3.8) is 0 Å². The smallest absolute Gasteiger partial charge is 0.223 e. The maximum Gasteiger partial charge on any atom is 0.223 e. The number of piperidine rings is 1. The normalized spacial score (nSPS) is 18.9. The number of amides is 1. The van der Waals surface area contributed by atoms with E-state index >= 15 is 0 Å². The van der Waals surface area contributed by atoms with Gasteiger partial charge in [0.15, 0.2) is 0 Å². The number of likely N-dealkylation sites (tertiary alicyclic amines) is 1. The van der Waals surface area contributed by atoms with Gasteiger partial charge in [-0.05, 0) is 32.1 Å². The fourth-order valence-corrected chi connectivity index (χ4v) is 1.94. The quantitative estimate of drug-likeness (QED) is 0.778. The van der Waals surface area contributed by atoms with Crippen LogP contribution in [0, 0.1) is 5.92 Å². The molecule has 1 unspecified atom stereocenters. The van der Waals surface area contributed by atoms with Crippen molar-refractivity contribution in [3.05, 3.63) is 0 Å². The molecule has 1 N–H and O–H groups in total. The van der Waals surface area contributed by atoms with Crippen LogP contribution >= 0.6 is 0 Å². The highest BCUT2D eigenvalue weighted by molar-refractivity contribution is 5.76. The van der Waals surface area contributed by atoms with Crippen molar-refractivity contribution in [3.8, 4) is 0 Å². The molecule has 1 aliphatic rings. The molecule has 0 aromatic rings. The Morgan fingerprint density at radius 2 is 1.81 bits per heavy atom. The Labute approximate surface area is 99.6 Å². The van der Waals surface area contributed by atoms with Crippen molar-refractivity contribution in [2.45, 2.75) is 52.5 Å². The lowest BCUT2D eigenvalue weighted by Crippen LogP contribution is -2.39. The number of hydrogen-bond acceptors (Lipinski definition) is 2. The van der Waals surface area contributed by atoms with Crippen LogP contribution in [0.5, 0.6) is 0 Å². The monoisotopic (exact) mass is 226 g/mol. The molecule has 1 fully saturated rings. The first-order valence-corrected chi connectivity index (χ1v) is 6.62. The van der Waals surface area contributed by atoms with Crippen molar-refractivity contribution in [1.29, 1.82) is 0 Å². The Morgan fingerprint density at radius 1 is 1.19 bits per heavy atom. The number of carbonyl (C=O) groups excluding carboxylic acids is 1. The molecular formula is C13H26N2O. The average molecular weight is 226 g/mol. The van der Waals surface area contributed by atoms with Crippen molar-refractivity contribution < 1.29 is 4.79 Å². The third-order valence-corrected chi connectivity index (χ3v) is 3.51. The van der Waals surface area contributed by atoms with Crippen molar-refractivity contribution in [2.75, 3.05) is 19.6 Å². The summed E-state index contributed by atoms with van der Waals surface area (Å²) >= 11 is 0. The van der Waals surface area contributed by atoms with Gasteiger partial charge in [-0.2, -0.15) is 0 Å². The second-order valence-electron chi connectivity index (χ2n) is 5.18. The molecule has 0 aromatic heterocycles. The molecule has 0 saturated carbocycles. The third kappa shape index (κ3) is 4.52. The molecule has 0 bridgehead atoms. The van der Waals surface area contributed by atoms with Crippen LogP contribution in [-0.2, 0) is 4.79 Å². The van der Waals surface area contributed by atoms with Crippen LogP contribution in [0.3, 0.4) is 0 Å². The van der Waals surface area contributed by atoms with Gasteiger partial charge in [-0.25, -0.2) is 0 Å². The van der Waals surface area contributed by atoms with Crippen molar-refractivity contribution in [2.24, 2.45) is 5.92 Å². The zero-order chi connectivity index (χ0) is 12.0. The molecule has 0 radical (unpaired) electrons. The second kappa shape index (κ2) is 6.89. The zero-order valence-electron chi connectivity index (χ0n) is 11.0. The number of rotatable bonds is 5. The molecule has 3 nitrogen and oxygen atoms in total. The van der Waals surface area contributed by atoms with Gasteiger partial charge in [-0.3, -0.25) is 4.79 Å². The fourth-order valence-electron chi connectivity index (χ4n) is 1.94. The van der Waals surface area contributed by atoms with E-state index in [0.717, 1.165) is 19.6 Å². The van der Waals surface area contributed by atoms with Crippen LogP contribution in [-0.4, -0.2) is 36.5 Å². The molecule has 0 spiro atoms. The Morgan fingerprint density at radius 3 is 2.38 bits per heavy atom. The second-order valence-corrected chi connectivity index (χ2v) is 5.18. The molecule has 0 aromatic carbocycles. The fraction of sp³-hybridized carbons (Fsp3) is 0.923. The minimum Gasteiger partial charge on any atom is -0.343 e. The van der Waals surface area contributed by atoms with Gasteiger partial charge in [0, 0.05) is 32.1 Å². The van der Waals surface area contributed by atoms with Gasteiger partial charge >= 0.3 is 0 Å². The highest BCUT2D eigenvalue weighted by Crippen LogP contribution is 2.09.